The molecule has 0 aliphatic rings. The number of benzene rings is 1. The highest BCUT2D eigenvalue weighted by atomic mass is 35.5. The van der Waals surface area contributed by atoms with Crippen LogP contribution >= 0.6 is 22.9 Å². The number of carbonyl (C=O) groups is 1. The quantitative estimate of drug-likeness (QED) is 0.746. The van der Waals surface area contributed by atoms with Crippen molar-refractivity contribution in [2.75, 3.05) is 0 Å². The fraction of sp³-hybridized carbons (Fsp3) is 0.222. The van der Waals surface area contributed by atoms with E-state index < -0.39 is 0 Å². The van der Waals surface area contributed by atoms with Crippen molar-refractivity contribution >= 4 is 28.8 Å². The standard InChI is InChI=1S/C18H18ClN3OS/c1-12-16(10-18(23)20-11-15-8-9-17(19)24-15)13(2)22(21-12)14-6-4-3-5-7-14/h3-9H,10-11H2,1-2H3,(H,20,23). The van der Waals surface area contributed by atoms with E-state index in [9.17, 15) is 4.79 Å². The second-order valence-electron chi connectivity index (χ2n) is 5.56. The van der Waals surface area contributed by atoms with Gasteiger partial charge >= 0.3 is 0 Å². The van der Waals surface area contributed by atoms with Crippen LogP contribution in [-0.2, 0) is 17.8 Å². The number of aromatic nitrogens is 2. The molecule has 0 unspecified atom stereocenters. The van der Waals surface area contributed by atoms with Crippen LogP contribution in [0.15, 0.2) is 42.5 Å². The number of halogens is 1. The number of hydrogen-bond donors (Lipinski definition) is 1. The average molecular weight is 360 g/mol. The molecular weight excluding hydrogens is 342 g/mol. The molecule has 1 N–H and O–H groups in total. The summed E-state index contributed by atoms with van der Waals surface area (Å²) in [7, 11) is 0. The number of amides is 1. The third-order valence-electron chi connectivity index (χ3n) is 3.87. The van der Waals surface area contributed by atoms with E-state index in [1.54, 1.807) is 0 Å². The van der Waals surface area contributed by atoms with Crippen LogP contribution in [-0.4, -0.2) is 15.7 Å². The maximum Gasteiger partial charge on any atom is 0.224 e. The highest BCUT2D eigenvalue weighted by molar-refractivity contribution is 7.16. The molecule has 1 aromatic carbocycles. The molecule has 0 fully saturated rings. The molecule has 124 valence electrons. The van der Waals surface area contributed by atoms with Crippen molar-refractivity contribution in [1.82, 2.24) is 15.1 Å². The van der Waals surface area contributed by atoms with E-state index in [4.69, 9.17) is 11.6 Å². The summed E-state index contributed by atoms with van der Waals surface area (Å²) >= 11 is 7.38. The molecule has 3 rings (SSSR count). The molecule has 4 nitrogen and oxygen atoms in total. The van der Waals surface area contributed by atoms with Gasteiger partial charge in [-0.15, -0.1) is 11.3 Å². The van der Waals surface area contributed by atoms with Crippen molar-refractivity contribution < 1.29 is 4.79 Å². The SMILES string of the molecule is Cc1nn(-c2ccccc2)c(C)c1CC(=O)NCc1ccc(Cl)s1. The number of hydrogen-bond acceptors (Lipinski definition) is 3. The summed E-state index contributed by atoms with van der Waals surface area (Å²) in [5.41, 5.74) is 3.84. The van der Waals surface area contributed by atoms with Gasteiger partial charge in [0.05, 0.1) is 28.7 Å². The average Bonchev–Trinajstić information content (AvgIpc) is 3.12. The lowest BCUT2D eigenvalue weighted by molar-refractivity contribution is -0.120. The molecule has 0 aliphatic carbocycles. The summed E-state index contributed by atoms with van der Waals surface area (Å²) in [6.07, 6.45) is 0.323. The van der Waals surface area contributed by atoms with Crippen LogP contribution in [0.3, 0.4) is 0 Å². The molecule has 0 radical (unpaired) electrons. The molecule has 0 bridgehead atoms. The van der Waals surface area contributed by atoms with Crippen LogP contribution in [0.5, 0.6) is 0 Å². The Hall–Kier alpha value is -2.11. The predicted molar refractivity (Wildman–Crippen MR) is 97.9 cm³/mol. The van der Waals surface area contributed by atoms with Crippen LogP contribution in [0.1, 0.15) is 21.8 Å². The maximum atomic E-state index is 12.3. The zero-order valence-corrected chi connectivity index (χ0v) is 15.1. The Bertz CT molecular complexity index is 855. The molecule has 2 aromatic heterocycles. The second kappa shape index (κ2) is 7.20. The Balaban J connectivity index is 1.71. The number of carbonyl (C=O) groups excluding carboxylic acids is 1. The summed E-state index contributed by atoms with van der Waals surface area (Å²) in [5.74, 6) is -0.0154. The minimum Gasteiger partial charge on any atom is -0.351 e. The van der Waals surface area contributed by atoms with Gasteiger partial charge in [-0.2, -0.15) is 5.10 Å². The van der Waals surface area contributed by atoms with Gasteiger partial charge in [0, 0.05) is 16.1 Å². The molecule has 1 amide bonds. The normalized spacial score (nSPS) is 10.8. The Morgan fingerprint density at radius 1 is 1.21 bits per heavy atom. The number of aryl methyl sites for hydroxylation is 1. The minimum atomic E-state index is -0.0154. The van der Waals surface area contributed by atoms with E-state index in [0.717, 1.165) is 31.9 Å². The number of para-hydroxylation sites is 1. The first-order chi connectivity index (χ1) is 11.5. The monoisotopic (exact) mass is 359 g/mol. The molecule has 0 atom stereocenters. The van der Waals surface area contributed by atoms with Gasteiger partial charge in [0.15, 0.2) is 0 Å². The van der Waals surface area contributed by atoms with Gasteiger partial charge < -0.3 is 5.32 Å². The van der Waals surface area contributed by atoms with Crippen molar-refractivity contribution in [3.8, 4) is 5.69 Å². The van der Waals surface area contributed by atoms with E-state index >= 15 is 0 Å². The van der Waals surface area contributed by atoms with Crippen molar-refractivity contribution in [3.05, 3.63) is 68.6 Å². The van der Waals surface area contributed by atoms with E-state index in [1.165, 1.54) is 11.3 Å². The summed E-state index contributed by atoms with van der Waals surface area (Å²) in [6.45, 7) is 4.43. The Morgan fingerprint density at radius 2 is 1.96 bits per heavy atom. The lowest BCUT2D eigenvalue weighted by Gasteiger charge is -2.06. The van der Waals surface area contributed by atoms with Crippen molar-refractivity contribution in [3.63, 3.8) is 0 Å². The number of nitrogens with one attached hydrogen (secondary N) is 1. The van der Waals surface area contributed by atoms with Crippen LogP contribution < -0.4 is 5.32 Å². The van der Waals surface area contributed by atoms with Crippen LogP contribution in [0.4, 0.5) is 0 Å². The lowest BCUT2D eigenvalue weighted by Crippen LogP contribution is -2.24. The fourth-order valence-corrected chi connectivity index (χ4v) is 3.63. The smallest absolute Gasteiger partial charge is 0.224 e. The molecule has 0 saturated carbocycles. The van der Waals surface area contributed by atoms with Crippen LogP contribution in [0.25, 0.3) is 5.69 Å². The van der Waals surface area contributed by atoms with Crippen LogP contribution in [0.2, 0.25) is 4.34 Å². The molecule has 0 saturated heterocycles. The Morgan fingerprint density at radius 3 is 2.62 bits per heavy atom. The predicted octanol–water partition coefficient (Wildman–Crippen LogP) is 4.06. The topological polar surface area (TPSA) is 46.9 Å². The number of thiophene rings is 1. The first-order valence-corrected chi connectivity index (χ1v) is 8.85. The van der Waals surface area contributed by atoms with E-state index in [-0.39, 0.29) is 5.91 Å². The highest BCUT2D eigenvalue weighted by Gasteiger charge is 2.15. The largest absolute Gasteiger partial charge is 0.351 e. The molecule has 6 heteroatoms. The second-order valence-corrected chi connectivity index (χ2v) is 7.36. The molecule has 0 spiro atoms. The van der Waals surface area contributed by atoms with Crippen molar-refractivity contribution in [1.29, 1.82) is 0 Å². The van der Waals surface area contributed by atoms with E-state index in [1.807, 2.05) is 61.0 Å². The molecule has 24 heavy (non-hydrogen) atoms. The zero-order valence-electron chi connectivity index (χ0n) is 13.5. The summed E-state index contributed by atoms with van der Waals surface area (Å²) in [5, 5.41) is 7.52. The lowest BCUT2D eigenvalue weighted by atomic mass is 10.1. The van der Waals surface area contributed by atoms with Gasteiger partial charge in [-0.3, -0.25) is 4.79 Å². The highest BCUT2D eigenvalue weighted by Crippen LogP contribution is 2.21. The van der Waals surface area contributed by atoms with Gasteiger partial charge in [-0.1, -0.05) is 29.8 Å². The van der Waals surface area contributed by atoms with Crippen LogP contribution in [0, 0.1) is 13.8 Å². The molecule has 2 heterocycles. The third kappa shape index (κ3) is 3.68. The molecular formula is C18H18ClN3OS. The number of nitrogens with zero attached hydrogens (tertiary/aromatic N) is 2. The Labute approximate surface area is 150 Å². The van der Waals surface area contributed by atoms with Gasteiger partial charge in [-0.25, -0.2) is 4.68 Å². The first-order valence-electron chi connectivity index (χ1n) is 7.66. The fourth-order valence-electron chi connectivity index (χ4n) is 2.61. The molecule has 0 aliphatic heterocycles. The van der Waals surface area contributed by atoms with Gasteiger partial charge in [0.1, 0.15) is 0 Å². The summed E-state index contributed by atoms with van der Waals surface area (Å²) in [6, 6.07) is 13.7. The van der Waals surface area contributed by atoms with Crippen molar-refractivity contribution in [2.45, 2.75) is 26.8 Å². The zero-order chi connectivity index (χ0) is 17.1. The summed E-state index contributed by atoms with van der Waals surface area (Å²) < 4.78 is 2.62. The van der Waals surface area contributed by atoms with Gasteiger partial charge in [-0.05, 0) is 38.1 Å². The van der Waals surface area contributed by atoms with Gasteiger partial charge in [0.25, 0.3) is 0 Å². The van der Waals surface area contributed by atoms with Crippen molar-refractivity contribution in [2.24, 2.45) is 0 Å². The van der Waals surface area contributed by atoms with E-state index in [2.05, 4.69) is 10.4 Å². The third-order valence-corrected chi connectivity index (χ3v) is 5.10. The minimum absolute atomic E-state index is 0.0154. The summed E-state index contributed by atoms with van der Waals surface area (Å²) in [4.78, 5) is 13.3. The molecule has 3 aromatic rings. The number of rotatable bonds is 5. The maximum absolute atomic E-state index is 12.3. The van der Waals surface area contributed by atoms with Gasteiger partial charge in [0.2, 0.25) is 5.91 Å². The van der Waals surface area contributed by atoms with E-state index in [0.29, 0.717) is 13.0 Å². The first kappa shape index (κ1) is 16.7. The Kier molecular flexibility index (Phi) is 5.02.